The van der Waals surface area contributed by atoms with Crippen molar-refractivity contribution in [2.45, 2.75) is 46.1 Å². The van der Waals surface area contributed by atoms with Crippen LogP contribution >= 0.6 is 11.3 Å². The number of Topliss-reactive ketones (excluding diaryl/α,β-unsaturated/α-hetero) is 1. The number of aliphatic hydroxyl groups excluding tert-OH is 1. The molecule has 166 valence electrons. The van der Waals surface area contributed by atoms with E-state index in [1.807, 2.05) is 29.6 Å². The predicted octanol–water partition coefficient (Wildman–Crippen LogP) is 4.97. The summed E-state index contributed by atoms with van der Waals surface area (Å²) in [4.78, 5) is 30.7. The molecule has 1 aromatic carbocycles. The lowest BCUT2D eigenvalue weighted by Crippen LogP contribution is -2.38. The summed E-state index contributed by atoms with van der Waals surface area (Å²) in [5.74, 6) is -1.18. The molecule has 1 atom stereocenters. The summed E-state index contributed by atoms with van der Waals surface area (Å²) in [7, 11) is 0. The van der Waals surface area contributed by atoms with Crippen molar-refractivity contribution in [3.8, 4) is 0 Å². The molecule has 0 radical (unpaired) electrons. The first kappa shape index (κ1) is 23.2. The third-order valence-electron chi connectivity index (χ3n) is 5.94. The maximum atomic E-state index is 13.3. The number of likely N-dealkylation sites (N-methyl/N-ethyl adjacent to an activating group) is 1. The Bertz CT molecular complexity index is 952. The Morgan fingerprint density at radius 1 is 1.13 bits per heavy atom. The minimum Gasteiger partial charge on any atom is -0.503 e. The van der Waals surface area contributed by atoms with E-state index in [9.17, 15) is 14.7 Å². The average Bonchev–Trinajstić information content (AvgIpc) is 3.36. The number of benzene rings is 1. The standard InChI is InChI=1S/C25H32N2O3S/c1-6-26(7-2)14-15-27-21(17-10-12-18(13-11-17)25(3,4)5)20(23(29)24(27)30)22(28)19-9-8-16-31-19/h8-13,16,21,29H,6-7,14-15H2,1-5H3/t21-/m0/s1. The minimum atomic E-state index is -0.591. The molecule has 0 unspecified atom stereocenters. The second-order valence-corrected chi connectivity index (χ2v) is 9.82. The Kier molecular flexibility index (Phi) is 7.02. The van der Waals surface area contributed by atoms with Crippen molar-refractivity contribution in [1.82, 2.24) is 9.80 Å². The number of nitrogens with zero attached hydrogens (tertiary/aromatic N) is 2. The fourth-order valence-corrected chi connectivity index (χ4v) is 4.64. The molecule has 0 saturated heterocycles. The van der Waals surface area contributed by atoms with Crippen molar-refractivity contribution in [3.05, 3.63) is 69.1 Å². The van der Waals surface area contributed by atoms with Crippen LogP contribution in [0.1, 0.15) is 61.5 Å². The Morgan fingerprint density at radius 2 is 1.77 bits per heavy atom. The van der Waals surface area contributed by atoms with Gasteiger partial charge in [0.1, 0.15) is 0 Å². The van der Waals surface area contributed by atoms with Crippen molar-refractivity contribution < 1.29 is 14.7 Å². The molecular formula is C25H32N2O3S. The average molecular weight is 441 g/mol. The Morgan fingerprint density at radius 3 is 2.29 bits per heavy atom. The van der Waals surface area contributed by atoms with Gasteiger partial charge in [0.15, 0.2) is 5.76 Å². The molecular weight excluding hydrogens is 408 g/mol. The molecule has 1 aliphatic heterocycles. The van der Waals surface area contributed by atoms with E-state index >= 15 is 0 Å². The quantitative estimate of drug-likeness (QED) is 0.589. The van der Waals surface area contributed by atoms with Crippen LogP contribution in [0.4, 0.5) is 0 Å². The van der Waals surface area contributed by atoms with Crippen molar-refractivity contribution in [1.29, 1.82) is 0 Å². The van der Waals surface area contributed by atoms with Crippen molar-refractivity contribution in [2.75, 3.05) is 26.2 Å². The van der Waals surface area contributed by atoms with Gasteiger partial charge in [-0.1, -0.05) is 65.0 Å². The number of rotatable bonds is 8. The Hall–Kier alpha value is -2.44. The first-order valence-electron chi connectivity index (χ1n) is 10.8. The molecule has 0 bridgehead atoms. The van der Waals surface area contributed by atoms with Crippen molar-refractivity contribution in [3.63, 3.8) is 0 Å². The Labute approximate surface area is 189 Å². The van der Waals surface area contributed by atoms with Crippen LogP contribution in [-0.2, 0) is 10.2 Å². The second-order valence-electron chi connectivity index (χ2n) is 8.87. The van der Waals surface area contributed by atoms with Gasteiger partial charge in [0.05, 0.1) is 16.5 Å². The highest BCUT2D eigenvalue weighted by atomic mass is 32.1. The van der Waals surface area contributed by atoms with Gasteiger partial charge in [0, 0.05) is 13.1 Å². The molecule has 2 heterocycles. The summed E-state index contributed by atoms with van der Waals surface area (Å²) in [5.41, 5.74) is 2.19. The zero-order valence-corrected chi connectivity index (χ0v) is 19.8. The molecule has 31 heavy (non-hydrogen) atoms. The molecule has 0 spiro atoms. The molecule has 5 nitrogen and oxygen atoms in total. The van der Waals surface area contributed by atoms with Gasteiger partial charge >= 0.3 is 0 Å². The summed E-state index contributed by atoms with van der Waals surface area (Å²) in [6.07, 6.45) is 0. The predicted molar refractivity (Wildman–Crippen MR) is 126 cm³/mol. The molecule has 1 amide bonds. The van der Waals surface area contributed by atoms with E-state index in [2.05, 4.69) is 39.5 Å². The zero-order valence-electron chi connectivity index (χ0n) is 19.0. The molecule has 6 heteroatoms. The number of carbonyl (C=O) groups is 2. The molecule has 2 aromatic rings. The number of ketones is 1. The maximum absolute atomic E-state index is 13.3. The Balaban J connectivity index is 2.02. The molecule has 0 aliphatic carbocycles. The third kappa shape index (κ3) is 4.75. The SMILES string of the molecule is CCN(CC)CCN1C(=O)C(O)=C(C(=O)c2cccs2)[C@@H]1c1ccc(C(C)(C)C)cc1. The lowest BCUT2D eigenvalue weighted by Gasteiger charge is -2.30. The minimum absolute atomic E-state index is 0.0000615. The van der Waals surface area contributed by atoms with Gasteiger partial charge < -0.3 is 14.9 Å². The lowest BCUT2D eigenvalue weighted by atomic mass is 9.85. The van der Waals surface area contributed by atoms with Crippen LogP contribution in [0.15, 0.2) is 53.1 Å². The molecule has 0 saturated carbocycles. The number of hydrogen-bond donors (Lipinski definition) is 1. The zero-order chi connectivity index (χ0) is 22.8. The van der Waals surface area contributed by atoms with Gasteiger partial charge in [0.2, 0.25) is 5.78 Å². The second kappa shape index (κ2) is 9.37. The first-order valence-corrected chi connectivity index (χ1v) is 11.7. The summed E-state index contributed by atoms with van der Waals surface area (Å²) in [5, 5.41) is 12.6. The summed E-state index contributed by atoms with van der Waals surface area (Å²) < 4.78 is 0. The molecule has 1 aliphatic rings. The number of hydrogen-bond acceptors (Lipinski definition) is 5. The summed E-state index contributed by atoms with van der Waals surface area (Å²) >= 11 is 1.32. The van der Waals surface area contributed by atoms with E-state index < -0.39 is 17.7 Å². The van der Waals surface area contributed by atoms with Crippen LogP contribution < -0.4 is 0 Å². The van der Waals surface area contributed by atoms with Gasteiger partial charge in [-0.2, -0.15) is 0 Å². The van der Waals surface area contributed by atoms with E-state index in [0.717, 1.165) is 18.7 Å². The maximum Gasteiger partial charge on any atom is 0.290 e. The van der Waals surface area contributed by atoms with Gasteiger partial charge in [-0.3, -0.25) is 9.59 Å². The van der Waals surface area contributed by atoms with Crippen LogP contribution in [0.5, 0.6) is 0 Å². The highest BCUT2D eigenvalue weighted by Crippen LogP contribution is 2.40. The smallest absolute Gasteiger partial charge is 0.290 e. The number of amides is 1. The summed E-state index contributed by atoms with van der Waals surface area (Å²) in [6.45, 7) is 13.5. The van der Waals surface area contributed by atoms with Gasteiger partial charge in [0.25, 0.3) is 5.91 Å². The van der Waals surface area contributed by atoms with Crippen LogP contribution in [-0.4, -0.2) is 52.8 Å². The van der Waals surface area contributed by atoms with Crippen LogP contribution in [0, 0.1) is 0 Å². The number of carbonyl (C=O) groups excluding carboxylic acids is 2. The van der Waals surface area contributed by atoms with Gasteiger partial charge in [-0.25, -0.2) is 0 Å². The lowest BCUT2D eigenvalue weighted by molar-refractivity contribution is -0.129. The van der Waals surface area contributed by atoms with E-state index in [0.29, 0.717) is 18.0 Å². The molecule has 1 N–H and O–H groups in total. The fraction of sp³-hybridized carbons (Fsp3) is 0.440. The number of aliphatic hydroxyl groups is 1. The van der Waals surface area contributed by atoms with Crippen molar-refractivity contribution >= 4 is 23.0 Å². The number of thiophene rings is 1. The van der Waals surface area contributed by atoms with E-state index in [4.69, 9.17) is 0 Å². The highest BCUT2D eigenvalue weighted by Gasteiger charge is 2.43. The van der Waals surface area contributed by atoms with Crippen LogP contribution in [0.3, 0.4) is 0 Å². The molecule has 1 aromatic heterocycles. The topological polar surface area (TPSA) is 60.9 Å². The van der Waals surface area contributed by atoms with Gasteiger partial charge in [-0.15, -0.1) is 11.3 Å². The van der Waals surface area contributed by atoms with Crippen molar-refractivity contribution in [2.24, 2.45) is 0 Å². The first-order chi connectivity index (χ1) is 14.7. The third-order valence-corrected chi connectivity index (χ3v) is 6.81. The largest absolute Gasteiger partial charge is 0.503 e. The van der Waals surface area contributed by atoms with E-state index in [1.54, 1.807) is 17.0 Å². The molecule has 3 rings (SSSR count). The van der Waals surface area contributed by atoms with E-state index in [1.165, 1.54) is 16.9 Å². The fourth-order valence-electron chi connectivity index (χ4n) is 3.96. The normalized spacial score (nSPS) is 17.2. The highest BCUT2D eigenvalue weighted by molar-refractivity contribution is 7.12. The van der Waals surface area contributed by atoms with Crippen LogP contribution in [0.25, 0.3) is 0 Å². The monoisotopic (exact) mass is 440 g/mol. The molecule has 0 fully saturated rings. The van der Waals surface area contributed by atoms with Crippen LogP contribution in [0.2, 0.25) is 0 Å². The summed E-state index contributed by atoms with van der Waals surface area (Å²) in [6, 6.07) is 11.0. The van der Waals surface area contributed by atoms with E-state index in [-0.39, 0.29) is 16.8 Å². The van der Waals surface area contributed by atoms with Gasteiger partial charge in [-0.05, 0) is 41.1 Å².